The molecular weight excluding hydrogens is 198 g/mol. The molecule has 0 aromatic heterocycles. The van der Waals surface area contributed by atoms with E-state index in [4.69, 9.17) is 0 Å². The molecule has 94 valence electrons. The molecule has 2 nitrogen and oxygen atoms in total. The number of amides is 1. The molecule has 0 saturated carbocycles. The van der Waals surface area contributed by atoms with Crippen molar-refractivity contribution in [3.05, 3.63) is 12.2 Å². The average Bonchev–Trinajstić information content (AvgIpc) is 2.13. The maximum absolute atomic E-state index is 11.4. The van der Waals surface area contributed by atoms with E-state index in [1.165, 1.54) is 19.3 Å². The second-order valence-corrected chi connectivity index (χ2v) is 5.30. The van der Waals surface area contributed by atoms with Crippen molar-refractivity contribution in [2.45, 2.75) is 71.8 Å². The van der Waals surface area contributed by atoms with Gasteiger partial charge < -0.3 is 5.32 Å². The van der Waals surface area contributed by atoms with E-state index >= 15 is 0 Å². The second-order valence-electron chi connectivity index (χ2n) is 5.30. The highest BCUT2D eigenvalue weighted by molar-refractivity contribution is 5.76. The van der Waals surface area contributed by atoms with Gasteiger partial charge in [-0.2, -0.15) is 0 Å². The first kappa shape index (κ1) is 15.2. The van der Waals surface area contributed by atoms with Gasteiger partial charge in [0.1, 0.15) is 0 Å². The maximum Gasteiger partial charge on any atom is 0.220 e. The quantitative estimate of drug-likeness (QED) is 0.518. The first-order valence-corrected chi connectivity index (χ1v) is 6.41. The fourth-order valence-corrected chi connectivity index (χ4v) is 1.44. The summed E-state index contributed by atoms with van der Waals surface area (Å²) in [5.74, 6) is 0.144. The van der Waals surface area contributed by atoms with E-state index in [-0.39, 0.29) is 11.4 Å². The highest BCUT2D eigenvalue weighted by Crippen LogP contribution is 2.03. The lowest BCUT2D eigenvalue weighted by atomic mass is 10.1. The molecule has 0 bridgehead atoms. The monoisotopic (exact) mass is 225 g/mol. The first-order valence-electron chi connectivity index (χ1n) is 6.41. The van der Waals surface area contributed by atoms with Crippen LogP contribution in [0.2, 0.25) is 0 Å². The van der Waals surface area contributed by atoms with Gasteiger partial charge in [-0.1, -0.05) is 31.9 Å². The van der Waals surface area contributed by atoms with Crippen LogP contribution in [0.4, 0.5) is 0 Å². The molecule has 0 aromatic rings. The molecule has 0 fully saturated rings. The molecule has 0 aliphatic heterocycles. The molecular formula is C14H27NO. The SMILES string of the molecule is CCCCC/C=C\CCC(=O)NC(C)(C)C. The lowest BCUT2D eigenvalue weighted by molar-refractivity contribution is -0.122. The smallest absolute Gasteiger partial charge is 0.220 e. The van der Waals surface area contributed by atoms with Crippen LogP contribution in [0, 0.1) is 0 Å². The summed E-state index contributed by atoms with van der Waals surface area (Å²) in [5, 5.41) is 2.96. The third kappa shape index (κ3) is 11.3. The topological polar surface area (TPSA) is 29.1 Å². The largest absolute Gasteiger partial charge is 0.352 e. The van der Waals surface area contributed by atoms with E-state index < -0.39 is 0 Å². The van der Waals surface area contributed by atoms with Crippen molar-refractivity contribution in [1.29, 1.82) is 0 Å². The van der Waals surface area contributed by atoms with Gasteiger partial charge in [-0.3, -0.25) is 4.79 Å². The van der Waals surface area contributed by atoms with Crippen molar-refractivity contribution >= 4 is 5.91 Å². The van der Waals surface area contributed by atoms with E-state index in [1.54, 1.807) is 0 Å². The number of rotatable bonds is 7. The number of hydrogen-bond acceptors (Lipinski definition) is 1. The Morgan fingerprint density at radius 3 is 2.31 bits per heavy atom. The molecule has 0 radical (unpaired) electrons. The number of hydrogen-bond donors (Lipinski definition) is 1. The van der Waals surface area contributed by atoms with E-state index in [2.05, 4.69) is 24.4 Å². The Labute approximate surface area is 101 Å². The fraction of sp³-hybridized carbons (Fsp3) is 0.786. The Morgan fingerprint density at radius 2 is 1.75 bits per heavy atom. The van der Waals surface area contributed by atoms with Gasteiger partial charge in [0, 0.05) is 12.0 Å². The molecule has 0 rings (SSSR count). The van der Waals surface area contributed by atoms with Crippen LogP contribution >= 0.6 is 0 Å². The fourth-order valence-electron chi connectivity index (χ4n) is 1.44. The lowest BCUT2D eigenvalue weighted by Crippen LogP contribution is -2.40. The highest BCUT2D eigenvalue weighted by atomic mass is 16.1. The van der Waals surface area contributed by atoms with Crippen LogP contribution in [-0.4, -0.2) is 11.4 Å². The van der Waals surface area contributed by atoms with E-state index in [1.807, 2.05) is 20.8 Å². The number of unbranched alkanes of at least 4 members (excludes halogenated alkanes) is 3. The van der Waals surface area contributed by atoms with E-state index in [0.717, 1.165) is 12.8 Å². The molecule has 0 spiro atoms. The van der Waals surface area contributed by atoms with Gasteiger partial charge in [0.15, 0.2) is 0 Å². The molecule has 0 aromatic carbocycles. The van der Waals surface area contributed by atoms with Gasteiger partial charge in [-0.25, -0.2) is 0 Å². The molecule has 0 aliphatic carbocycles. The first-order chi connectivity index (χ1) is 7.45. The van der Waals surface area contributed by atoms with Crippen molar-refractivity contribution in [3.8, 4) is 0 Å². The normalized spacial score (nSPS) is 12.0. The van der Waals surface area contributed by atoms with Crippen molar-refractivity contribution in [1.82, 2.24) is 5.32 Å². The van der Waals surface area contributed by atoms with Crippen molar-refractivity contribution < 1.29 is 4.79 Å². The minimum Gasteiger partial charge on any atom is -0.352 e. The Hall–Kier alpha value is -0.790. The predicted octanol–water partition coefficient (Wildman–Crippen LogP) is 3.82. The Balaban J connectivity index is 3.47. The summed E-state index contributed by atoms with van der Waals surface area (Å²) in [6.07, 6.45) is 10.8. The van der Waals surface area contributed by atoms with Crippen molar-refractivity contribution in [2.24, 2.45) is 0 Å². The van der Waals surface area contributed by atoms with Gasteiger partial charge in [0.05, 0.1) is 0 Å². The highest BCUT2D eigenvalue weighted by Gasteiger charge is 2.12. The van der Waals surface area contributed by atoms with Crippen LogP contribution in [0.3, 0.4) is 0 Å². The summed E-state index contributed by atoms with van der Waals surface area (Å²) in [7, 11) is 0. The van der Waals surface area contributed by atoms with Gasteiger partial charge in [-0.05, 0) is 40.0 Å². The van der Waals surface area contributed by atoms with Crippen molar-refractivity contribution in [2.75, 3.05) is 0 Å². The van der Waals surface area contributed by atoms with Crippen LogP contribution in [0.1, 0.15) is 66.2 Å². The van der Waals surface area contributed by atoms with E-state index in [0.29, 0.717) is 6.42 Å². The molecule has 0 atom stereocenters. The summed E-state index contributed by atoms with van der Waals surface area (Å²) in [4.78, 5) is 11.4. The molecule has 1 amide bonds. The predicted molar refractivity (Wildman–Crippen MR) is 70.4 cm³/mol. The maximum atomic E-state index is 11.4. The molecule has 16 heavy (non-hydrogen) atoms. The molecule has 1 N–H and O–H groups in total. The zero-order valence-electron chi connectivity index (χ0n) is 11.3. The molecule has 2 heteroatoms. The Bertz CT molecular complexity index is 213. The minimum absolute atomic E-state index is 0.109. The average molecular weight is 225 g/mol. The van der Waals surface area contributed by atoms with Crippen LogP contribution in [-0.2, 0) is 4.79 Å². The Kier molecular flexibility index (Phi) is 7.96. The number of carbonyl (C=O) groups excluding carboxylic acids is 1. The molecule has 0 saturated heterocycles. The zero-order chi connectivity index (χ0) is 12.4. The number of nitrogens with one attached hydrogen (secondary N) is 1. The summed E-state index contributed by atoms with van der Waals surface area (Å²) >= 11 is 0. The van der Waals surface area contributed by atoms with Crippen LogP contribution in [0.5, 0.6) is 0 Å². The summed E-state index contributed by atoms with van der Waals surface area (Å²) in [6.45, 7) is 8.23. The van der Waals surface area contributed by atoms with Crippen LogP contribution in [0.15, 0.2) is 12.2 Å². The second kappa shape index (κ2) is 8.37. The van der Waals surface area contributed by atoms with Crippen LogP contribution in [0.25, 0.3) is 0 Å². The number of allylic oxidation sites excluding steroid dienone is 2. The number of carbonyl (C=O) groups is 1. The molecule has 0 heterocycles. The van der Waals surface area contributed by atoms with E-state index in [9.17, 15) is 4.79 Å². The zero-order valence-corrected chi connectivity index (χ0v) is 11.3. The van der Waals surface area contributed by atoms with Crippen LogP contribution < -0.4 is 5.32 Å². The minimum atomic E-state index is -0.109. The summed E-state index contributed by atoms with van der Waals surface area (Å²) < 4.78 is 0. The van der Waals surface area contributed by atoms with Gasteiger partial charge in [-0.15, -0.1) is 0 Å². The summed E-state index contributed by atoms with van der Waals surface area (Å²) in [5.41, 5.74) is -0.109. The van der Waals surface area contributed by atoms with Gasteiger partial charge >= 0.3 is 0 Å². The third-order valence-corrected chi connectivity index (χ3v) is 2.19. The molecule has 0 aliphatic rings. The standard InChI is InChI=1S/C14H27NO/c1-5-6-7-8-9-10-11-12-13(16)15-14(2,3)4/h9-10H,5-8,11-12H2,1-4H3,(H,15,16)/b10-9-. The van der Waals surface area contributed by atoms with Gasteiger partial charge in [0.2, 0.25) is 5.91 Å². The van der Waals surface area contributed by atoms with Crippen molar-refractivity contribution in [3.63, 3.8) is 0 Å². The third-order valence-electron chi connectivity index (χ3n) is 2.19. The summed E-state index contributed by atoms with van der Waals surface area (Å²) in [6, 6.07) is 0. The van der Waals surface area contributed by atoms with Gasteiger partial charge in [0.25, 0.3) is 0 Å². The lowest BCUT2D eigenvalue weighted by Gasteiger charge is -2.20. The Morgan fingerprint density at radius 1 is 1.12 bits per heavy atom. The molecule has 0 unspecified atom stereocenters.